The van der Waals surface area contributed by atoms with E-state index < -0.39 is 31.6 Å². The molecule has 0 N–H and O–H groups in total. The fourth-order valence-electron chi connectivity index (χ4n) is 6.06. The van der Waals surface area contributed by atoms with Crippen molar-refractivity contribution < 1.29 is 34.4 Å². The van der Waals surface area contributed by atoms with Gasteiger partial charge in [0, 0.05) is 60.8 Å². The minimum absolute atomic E-state index is 0. The average molecular weight is 902 g/mol. The van der Waals surface area contributed by atoms with Gasteiger partial charge in [0.15, 0.2) is 0 Å². The topological polar surface area (TPSA) is 51.8 Å². The zero-order valence-electron chi connectivity index (χ0n) is 35.8. The molecule has 0 saturated heterocycles. The molecular formula is C46H48FIrN3OSi-2. The number of nitrogens with zero attached hydrogens (tertiary/aromatic N) is 3. The van der Waals surface area contributed by atoms with Gasteiger partial charge >= 0.3 is 0 Å². The van der Waals surface area contributed by atoms with Crippen LogP contribution < -0.4 is 5.19 Å². The molecule has 7 heteroatoms. The van der Waals surface area contributed by atoms with E-state index in [0.717, 1.165) is 38.7 Å². The molecule has 4 heterocycles. The zero-order chi connectivity index (χ0) is 40.8. The first kappa shape index (κ1) is 34.5. The molecule has 0 aliphatic heterocycles. The number of pyridine rings is 3. The second kappa shape index (κ2) is 16.4. The first-order valence-electron chi connectivity index (χ1n) is 19.5. The molecule has 0 saturated carbocycles. The van der Waals surface area contributed by atoms with Crippen molar-refractivity contribution in [1.29, 1.82) is 0 Å². The molecule has 4 aromatic heterocycles. The third-order valence-electron chi connectivity index (χ3n) is 8.73. The summed E-state index contributed by atoms with van der Waals surface area (Å²) in [6.45, 7) is 18.0. The molecule has 1 atom stereocenters. The molecule has 0 spiro atoms. The summed E-state index contributed by atoms with van der Waals surface area (Å²) >= 11 is 0. The first-order valence-corrected chi connectivity index (χ1v) is 21.0. The standard InChI is InChI=1S/C24H25N2O.C22H23FNSi.Ir/c1-15(2)20-12-19-18-11-17(6-7-22(18)27-23(19)14-26-20)21-10-16(8-9-25-21)13-24(3,4)5;1-16(17-8-6-5-7-9-17)20-14-21(18-10-12-19(23)13-11-18)24-15-22(20)25(2,3)4;/h7-12,14-15H,13H2,1-5H3;5-10,12-16H,1-4H3;/q2*-1;/i13D2,15D;16D;. The van der Waals surface area contributed by atoms with Crippen molar-refractivity contribution in [3.05, 3.63) is 144 Å². The Hall–Kier alpha value is -4.29. The summed E-state index contributed by atoms with van der Waals surface area (Å²) in [6.07, 6.45) is 3.71. The Morgan fingerprint density at radius 2 is 1.51 bits per heavy atom. The predicted octanol–water partition coefficient (Wildman–Crippen LogP) is 11.9. The second-order valence-corrected chi connectivity index (χ2v) is 20.4. The van der Waals surface area contributed by atoms with E-state index in [9.17, 15) is 4.39 Å². The van der Waals surface area contributed by atoms with Gasteiger partial charge in [-0.3, -0.25) is 9.37 Å². The van der Waals surface area contributed by atoms with Crippen molar-refractivity contribution in [3.63, 3.8) is 0 Å². The van der Waals surface area contributed by atoms with E-state index >= 15 is 0 Å². The Kier molecular flexibility index (Phi) is 10.7. The van der Waals surface area contributed by atoms with E-state index in [1.807, 2.05) is 82.4 Å². The van der Waals surface area contributed by atoms with Gasteiger partial charge < -0.3 is 14.4 Å². The zero-order valence-corrected chi connectivity index (χ0v) is 35.2. The van der Waals surface area contributed by atoms with Crippen LogP contribution in [0.2, 0.25) is 19.6 Å². The van der Waals surface area contributed by atoms with Crippen LogP contribution in [0.15, 0.2) is 108 Å². The Morgan fingerprint density at radius 1 is 0.811 bits per heavy atom. The van der Waals surface area contributed by atoms with Crippen LogP contribution >= 0.6 is 0 Å². The maximum absolute atomic E-state index is 13.2. The minimum atomic E-state index is -1.71. The number of rotatable bonds is 7. The van der Waals surface area contributed by atoms with Crippen LogP contribution in [-0.4, -0.2) is 23.0 Å². The SMILES string of the molecule is [2H]C(C)(C)c1cc2c(cn1)oc1c[c-]c(-c3cc(C([2H])([2H])C(C)(C)C)ccn3)cc12.[2H]C(C)(c1ccccc1)c1cc(-c2[c-]cc(F)cc2)ncc1[Si](C)(C)C.[Ir]. The molecule has 0 fully saturated rings. The predicted molar refractivity (Wildman–Crippen MR) is 216 cm³/mol. The number of furan rings is 1. The van der Waals surface area contributed by atoms with E-state index in [0.29, 0.717) is 28.1 Å². The van der Waals surface area contributed by atoms with Crippen molar-refractivity contribution in [1.82, 2.24) is 15.0 Å². The van der Waals surface area contributed by atoms with Crippen molar-refractivity contribution in [2.75, 3.05) is 0 Å². The number of hydrogen-bond acceptors (Lipinski definition) is 4. The van der Waals surface area contributed by atoms with E-state index in [2.05, 4.69) is 46.7 Å². The first-order chi connectivity index (χ1) is 26.1. The summed E-state index contributed by atoms with van der Waals surface area (Å²) in [5.41, 5.74) is 6.85. The Morgan fingerprint density at radius 3 is 2.17 bits per heavy atom. The van der Waals surface area contributed by atoms with Crippen LogP contribution in [0.4, 0.5) is 4.39 Å². The van der Waals surface area contributed by atoms with Gasteiger partial charge in [-0.25, -0.2) is 0 Å². The van der Waals surface area contributed by atoms with Crippen LogP contribution in [-0.2, 0) is 26.5 Å². The third-order valence-corrected chi connectivity index (χ3v) is 10.7. The molecule has 7 aromatic rings. The van der Waals surface area contributed by atoms with Crippen LogP contribution in [0.5, 0.6) is 0 Å². The molecule has 0 aliphatic carbocycles. The maximum atomic E-state index is 13.2. The van der Waals surface area contributed by atoms with Gasteiger partial charge in [-0.2, -0.15) is 0 Å². The van der Waals surface area contributed by atoms with Crippen LogP contribution in [0.3, 0.4) is 0 Å². The van der Waals surface area contributed by atoms with Crippen molar-refractivity contribution in [3.8, 4) is 22.5 Å². The summed E-state index contributed by atoms with van der Waals surface area (Å²) in [4.78, 5) is 13.4. The van der Waals surface area contributed by atoms with Crippen LogP contribution in [0, 0.1) is 23.4 Å². The van der Waals surface area contributed by atoms with Crippen LogP contribution in [0.25, 0.3) is 44.5 Å². The quantitative estimate of drug-likeness (QED) is 0.118. The molecule has 4 nitrogen and oxygen atoms in total. The summed E-state index contributed by atoms with van der Waals surface area (Å²) in [6, 6.07) is 31.6. The largest absolute Gasteiger partial charge is 0.499 e. The van der Waals surface area contributed by atoms with E-state index in [4.69, 9.17) is 9.90 Å². The normalized spacial score (nSPS) is 14.5. The molecule has 3 aromatic carbocycles. The van der Waals surface area contributed by atoms with Gasteiger partial charge in [0.25, 0.3) is 0 Å². The molecule has 275 valence electrons. The Balaban J connectivity index is 0.000000216. The second-order valence-electron chi connectivity index (χ2n) is 15.4. The number of halogens is 1. The Bertz CT molecular complexity index is 2510. The van der Waals surface area contributed by atoms with Gasteiger partial charge in [0.1, 0.15) is 5.58 Å². The van der Waals surface area contributed by atoms with Gasteiger partial charge in [-0.15, -0.1) is 53.6 Å². The van der Waals surface area contributed by atoms with E-state index in [1.54, 1.807) is 50.5 Å². The molecule has 0 amide bonds. The molecule has 53 heavy (non-hydrogen) atoms. The fraction of sp³-hybridized carbons (Fsp3) is 0.283. The fourth-order valence-corrected chi connectivity index (χ4v) is 7.58. The molecule has 1 radical (unpaired) electrons. The molecule has 7 rings (SSSR count). The Labute approximate surface area is 334 Å². The monoisotopic (exact) mass is 902 g/mol. The van der Waals surface area contributed by atoms with Gasteiger partial charge in [0.05, 0.1) is 19.9 Å². The average Bonchev–Trinajstić information content (AvgIpc) is 3.52. The maximum Gasteiger partial charge on any atom is 0.139 e. The minimum Gasteiger partial charge on any atom is -0.499 e. The van der Waals surface area contributed by atoms with Crippen molar-refractivity contribution in [2.24, 2.45) is 5.41 Å². The molecule has 0 aliphatic rings. The van der Waals surface area contributed by atoms with Crippen molar-refractivity contribution >= 4 is 35.2 Å². The smallest absolute Gasteiger partial charge is 0.139 e. The van der Waals surface area contributed by atoms with E-state index in [-0.39, 0.29) is 25.9 Å². The number of hydrogen-bond donors (Lipinski definition) is 0. The third kappa shape index (κ3) is 9.63. The van der Waals surface area contributed by atoms with E-state index in [1.165, 1.54) is 17.3 Å². The summed E-state index contributed by atoms with van der Waals surface area (Å²) in [7, 11) is -1.71. The van der Waals surface area contributed by atoms with Gasteiger partial charge in [-0.05, 0) is 57.5 Å². The van der Waals surface area contributed by atoms with Gasteiger partial charge in [0.2, 0.25) is 0 Å². The molecule has 1 unspecified atom stereocenters. The summed E-state index contributed by atoms with van der Waals surface area (Å²) in [5, 5.41) is 2.97. The number of fused-ring (bicyclic) bond motifs is 3. The number of aromatic nitrogens is 3. The summed E-state index contributed by atoms with van der Waals surface area (Å²) < 4.78 is 53.7. The molecular weight excluding hydrogens is 850 g/mol. The molecule has 0 bridgehead atoms. The van der Waals surface area contributed by atoms with Crippen molar-refractivity contribution in [2.45, 2.75) is 79.3 Å². The number of benzene rings is 3. The van der Waals surface area contributed by atoms with Gasteiger partial charge in [-0.1, -0.05) is 115 Å². The summed E-state index contributed by atoms with van der Waals surface area (Å²) in [5.74, 6) is -2.02. The van der Waals surface area contributed by atoms with Crippen LogP contribution in [0.1, 0.15) is 81.2 Å².